The van der Waals surface area contributed by atoms with Crippen LogP contribution >= 0.6 is 0 Å². The summed E-state index contributed by atoms with van der Waals surface area (Å²) in [6.07, 6.45) is 4.74. The number of aromatic nitrogens is 3. The van der Waals surface area contributed by atoms with Crippen LogP contribution in [-0.2, 0) is 6.42 Å². The van der Waals surface area contributed by atoms with E-state index in [4.69, 9.17) is 9.47 Å². The number of nitrogens with zero attached hydrogens (tertiary/aromatic N) is 3. The molecule has 1 aliphatic rings. The fourth-order valence-electron chi connectivity index (χ4n) is 4.96. The first-order chi connectivity index (χ1) is 19.9. The van der Waals surface area contributed by atoms with Crippen LogP contribution in [-0.4, -0.2) is 33.3 Å². The van der Waals surface area contributed by atoms with Crippen molar-refractivity contribution in [1.29, 1.82) is 0 Å². The van der Waals surface area contributed by atoms with E-state index in [9.17, 15) is 14.4 Å². The summed E-state index contributed by atoms with van der Waals surface area (Å²) < 4.78 is 12.8. The molecule has 5 aromatic rings. The fourth-order valence-corrected chi connectivity index (χ4v) is 4.96. The molecule has 0 unspecified atom stereocenters. The van der Waals surface area contributed by atoms with Crippen molar-refractivity contribution >= 4 is 28.4 Å². The number of aryl methyl sites for hydroxylation is 1. The molecule has 0 bridgehead atoms. The Kier molecular flexibility index (Phi) is 6.76. The number of pyridine rings is 3. The van der Waals surface area contributed by atoms with Gasteiger partial charge in [-0.3, -0.25) is 23.9 Å². The molecule has 0 saturated carbocycles. The van der Waals surface area contributed by atoms with Gasteiger partial charge in [0.1, 0.15) is 28.6 Å². The van der Waals surface area contributed by atoms with Gasteiger partial charge in [0.2, 0.25) is 0 Å². The summed E-state index contributed by atoms with van der Waals surface area (Å²) in [7, 11) is 1.60. The van der Waals surface area contributed by atoms with E-state index < -0.39 is 11.5 Å². The number of amides is 1. The minimum Gasteiger partial charge on any atom is -0.497 e. The molecule has 1 N–H and O–H groups in total. The Morgan fingerprint density at radius 2 is 1.73 bits per heavy atom. The van der Waals surface area contributed by atoms with Crippen molar-refractivity contribution in [2.24, 2.45) is 0 Å². The van der Waals surface area contributed by atoms with E-state index in [-0.39, 0.29) is 17.2 Å². The van der Waals surface area contributed by atoms with E-state index in [1.165, 1.54) is 16.8 Å². The van der Waals surface area contributed by atoms with Gasteiger partial charge in [0.05, 0.1) is 18.8 Å². The summed E-state index contributed by atoms with van der Waals surface area (Å²) in [4.78, 5) is 48.4. The van der Waals surface area contributed by atoms with E-state index in [2.05, 4.69) is 15.3 Å². The largest absolute Gasteiger partial charge is 0.497 e. The van der Waals surface area contributed by atoms with Gasteiger partial charge in [-0.25, -0.2) is 4.98 Å². The summed E-state index contributed by atoms with van der Waals surface area (Å²) in [5.41, 5.74) is 2.80. The number of carbonyl (C=O) groups is 2. The lowest BCUT2D eigenvalue weighted by atomic mass is 9.92. The zero-order valence-electron chi connectivity index (χ0n) is 22.5. The number of benzene rings is 2. The highest BCUT2D eigenvalue weighted by atomic mass is 16.5. The van der Waals surface area contributed by atoms with Gasteiger partial charge in [-0.1, -0.05) is 17.7 Å². The van der Waals surface area contributed by atoms with E-state index in [0.29, 0.717) is 53.5 Å². The maximum atomic E-state index is 13.6. The maximum Gasteiger partial charge on any atom is 0.268 e. The Morgan fingerprint density at radius 3 is 2.49 bits per heavy atom. The van der Waals surface area contributed by atoms with Crippen molar-refractivity contribution in [3.05, 3.63) is 112 Å². The van der Waals surface area contributed by atoms with Gasteiger partial charge in [0.25, 0.3) is 11.5 Å². The number of Topliss-reactive ketones (excluding diaryl/α,β-unsaturated/α-hetero) is 1. The maximum absolute atomic E-state index is 13.6. The van der Waals surface area contributed by atoms with Gasteiger partial charge in [-0.2, -0.15) is 0 Å². The van der Waals surface area contributed by atoms with E-state index in [0.717, 1.165) is 16.5 Å². The zero-order valence-corrected chi connectivity index (χ0v) is 22.5. The Balaban J connectivity index is 1.27. The second-order valence-electron chi connectivity index (χ2n) is 9.80. The zero-order chi connectivity index (χ0) is 28.5. The molecule has 3 heterocycles. The van der Waals surface area contributed by atoms with Crippen LogP contribution in [0.5, 0.6) is 17.2 Å². The summed E-state index contributed by atoms with van der Waals surface area (Å²) in [5.74, 6) is 1.24. The number of anilines is 1. The first kappa shape index (κ1) is 25.9. The Hall–Kier alpha value is -5.31. The summed E-state index contributed by atoms with van der Waals surface area (Å²) in [5, 5.41) is 3.49. The molecule has 2 aromatic carbocycles. The van der Waals surface area contributed by atoms with Gasteiger partial charge in [-0.15, -0.1) is 0 Å². The highest BCUT2D eigenvalue weighted by molar-refractivity contribution is 6.06. The number of fused-ring (bicyclic) bond motifs is 2. The van der Waals surface area contributed by atoms with Crippen LogP contribution < -0.4 is 20.3 Å². The molecule has 204 valence electrons. The number of methoxy groups -OCH3 is 1. The van der Waals surface area contributed by atoms with Crippen LogP contribution in [0.3, 0.4) is 0 Å². The van der Waals surface area contributed by atoms with Crippen LogP contribution in [0, 0.1) is 6.92 Å². The molecule has 0 aliphatic heterocycles. The summed E-state index contributed by atoms with van der Waals surface area (Å²) in [6.45, 7) is 1.95. The number of ether oxygens (including phenoxy) is 2. The fraction of sp³-hybridized carbons (Fsp3) is 0.156. The minimum atomic E-state index is -0.646. The van der Waals surface area contributed by atoms with Crippen molar-refractivity contribution in [3.8, 4) is 22.9 Å². The second kappa shape index (κ2) is 10.7. The quantitative estimate of drug-likeness (QED) is 0.292. The Labute approximate surface area is 235 Å². The number of hydrogen-bond acceptors (Lipinski definition) is 7. The van der Waals surface area contributed by atoms with Crippen LogP contribution in [0.4, 0.5) is 5.82 Å². The molecule has 0 fully saturated rings. The molecular formula is C32H26N4O5. The van der Waals surface area contributed by atoms with Crippen molar-refractivity contribution in [2.45, 2.75) is 26.2 Å². The summed E-state index contributed by atoms with van der Waals surface area (Å²) >= 11 is 0. The number of rotatable bonds is 6. The van der Waals surface area contributed by atoms with Gasteiger partial charge < -0.3 is 14.8 Å². The molecule has 0 atom stereocenters. The molecule has 3 aromatic heterocycles. The number of hydrogen-bond donors (Lipinski definition) is 1. The molecule has 0 spiro atoms. The van der Waals surface area contributed by atoms with Crippen molar-refractivity contribution in [1.82, 2.24) is 14.5 Å². The highest BCUT2D eigenvalue weighted by Gasteiger charge is 2.26. The standard InChI is InChI=1S/C32H26N4O5/c1-19-6-8-20(9-7-19)36-27-4-3-5-28(37)24(27)17-25(32(36)39)31(38)35-30-13-11-22(18-34-30)41-29-14-15-33-26-16-21(40-2)10-12-23(26)29/h6-18H,3-5H2,1-2H3,(H,34,35,38). The SMILES string of the molecule is COc1ccc2c(Oc3ccc(NC(=O)c4cc5c(n(-c6ccc(C)cc6)c4=O)CCCC5=O)nc3)ccnc2c1. The van der Waals surface area contributed by atoms with Crippen LogP contribution in [0.2, 0.25) is 0 Å². The average Bonchev–Trinajstić information content (AvgIpc) is 2.98. The molecule has 9 heteroatoms. The van der Waals surface area contributed by atoms with E-state index >= 15 is 0 Å². The number of carbonyl (C=O) groups excluding carboxylic acids is 2. The molecule has 41 heavy (non-hydrogen) atoms. The Morgan fingerprint density at radius 1 is 0.927 bits per heavy atom. The van der Waals surface area contributed by atoms with Crippen LogP contribution in [0.25, 0.3) is 16.6 Å². The van der Waals surface area contributed by atoms with Crippen molar-refractivity contribution < 1.29 is 19.1 Å². The molecule has 0 saturated heterocycles. The third-order valence-electron chi connectivity index (χ3n) is 7.07. The smallest absolute Gasteiger partial charge is 0.268 e. The van der Waals surface area contributed by atoms with Gasteiger partial charge in [-0.05, 0) is 68.3 Å². The third-order valence-corrected chi connectivity index (χ3v) is 7.07. The molecule has 9 nitrogen and oxygen atoms in total. The van der Waals surface area contributed by atoms with Gasteiger partial charge in [0.15, 0.2) is 5.78 Å². The first-order valence-electron chi connectivity index (χ1n) is 13.2. The first-order valence-corrected chi connectivity index (χ1v) is 13.2. The second-order valence-corrected chi connectivity index (χ2v) is 9.80. The average molecular weight is 547 g/mol. The van der Waals surface area contributed by atoms with Crippen molar-refractivity contribution in [3.63, 3.8) is 0 Å². The van der Waals surface area contributed by atoms with Crippen molar-refractivity contribution in [2.75, 3.05) is 12.4 Å². The normalized spacial score (nSPS) is 12.6. The Bertz CT molecular complexity index is 1860. The van der Waals surface area contributed by atoms with Gasteiger partial charge in [0, 0.05) is 41.0 Å². The molecule has 0 radical (unpaired) electrons. The van der Waals surface area contributed by atoms with Gasteiger partial charge >= 0.3 is 0 Å². The van der Waals surface area contributed by atoms with E-state index in [1.54, 1.807) is 31.5 Å². The predicted octanol–water partition coefficient (Wildman–Crippen LogP) is 5.66. The van der Waals surface area contributed by atoms with Crippen LogP contribution in [0.15, 0.2) is 83.9 Å². The topological polar surface area (TPSA) is 112 Å². The summed E-state index contributed by atoms with van der Waals surface area (Å²) in [6, 6.07) is 19.4. The lowest BCUT2D eigenvalue weighted by molar-refractivity contribution is 0.0971. The number of nitrogens with one attached hydrogen (secondary N) is 1. The third kappa shape index (κ3) is 5.05. The van der Waals surface area contributed by atoms with Crippen LogP contribution in [0.1, 0.15) is 44.8 Å². The molecule has 6 rings (SSSR count). The monoisotopic (exact) mass is 546 g/mol. The lowest BCUT2D eigenvalue weighted by Gasteiger charge is -2.21. The molecule has 1 amide bonds. The van der Waals surface area contributed by atoms with E-state index in [1.807, 2.05) is 49.4 Å². The predicted molar refractivity (Wildman–Crippen MR) is 155 cm³/mol. The minimum absolute atomic E-state index is 0.0807. The molecular weight excluding hydrogens is 520 g/mol. The lowest BCUT2D eigenvalue weighted by Crippen LogP contribution is -2.33. The number of ketones is 1. The highest BCUT2D eigenvalue weighted by Crippen LogP contribution is 2.31. The molecule has 1 aliphatic carbocycles.